The molecule has 1 heterocycles. The predicted molar refractivity (Wildman–Crippen MR) is 77.0 cm³/mol. The fourth-order valence-electron chi connectivity index (χ4n) is 2.46. The second-order valence-corrected chi connectivity index (χ2v) is 7.85. The van der Waals surface area contributed by atoms with E-state index in [4.69, 9.17) is 0 Å². The van der Waals surface area contributed by atoms with Gasteiger partial charge in [0, 0.05) is 39.0 Å². The maximum absolute atomic E-state index is 12.1. The van der Waals surface area contributed by atoms with Crippen molar-refractivity contribution in [2.45, 2.75) is 45.7 Å². The van der Waals surface area contributed by atoms with Crippen LogP contribution in [0.5, 0.6) is 0 Å². The molecule has 116 valence electrons. The Bertz CT molecular complexity index is 473. The average molecular weight is 304 g/mol. The van der Waals surface area contributed by atoms with E-state index >= 15 is 0 Å². The largest absolute Gasteiger partial charge is 0.342 e. The van der Waals surface area contributed by atoms with Crippen LogP contribution in [0.2, 0.25) is 0 Å². The summed E-state index contributed by atoms with van der Waals surface area (Å²) in [5.74, 6) is 0.0364. The van der Waals surface area contributed by atoms with Gasteiger partial charge in [-0.05, 0) is 20.3 Å². The van der Waals surface area contributed by atoms with E-state index in [0.29, 0.717) is 13.0 Å². The van der Waals surface area contributed by atoms with E-state index in [-0.39, 0.29) is 41.8 Å². The van der Waals surface area contributed by atoms with Crippen molar-refractivity contribution >= 4 is 21.7 Å². The van der Waals surface area contributed by atoms with Crippen molar-refractivity contribution in [1.29, 1.82) is 0 Å². The van der Waals surface area contributed by atoms with Crippen LogP contribution in [-0.2, 0) is 19.4 Å². The van der Waals surface area contributed by atoms with E-state index in [1.807, 2.05) is 13.8 Å². The van der Waals surface area contributed by atoms with Crippen molar-refractivity contribution in [3.8, 4) is 0 Å². The van der Waals surface area contributed by atoms with Gasteiger partial charge < -0.3 is 9.80 Å². The number of carbonyl (C=O) groups is 2. The second kappa shape index (κ2) is 6.56. The minimum absolute atomic E-state index is 0.0514. The molecule has 0 spiro atoms. The quantitative estimate of drug-likeness (QED) is 0.731. The minimum Gasteiger partial charge on any atom is -0.342 e. The highest BCUT2D eigenvalue weighted by atomic mass is 32.2. The van der Waals surface area contributed by atoms with Crippen LogP contribution < -0.4 is 0 Å². The molecule has 1 saturated heterocycles. The molecule has 0 saturated carbocycles. The lowest BCUT2D eigenvalue weighted by molar-refractivity contribution is -0.134. The third kappa shape index (κ3) is 4.47. The summed E-state index contributed by atoms with van der Waals surface area (Å²) < 4.78 is 22.8. The monoisotopic (exact) mass is 304 g/mol. The van der Waals surface area contributed by atoms with Crippen molar-refractivity contribution in [1.82, 2.24) is 9.80 Å². The number of amides is 2. The minimum atomic E-state index is -2.99. The molecule has 1 atom stereocenters. The summed E-state index contributed by atoms with van der Waals surface area (Å²) in [5, 5.41) is 0. The van der Waals surface area contributed by atoms with Gasteiger partial charge in [-0.2, -0.15) is 0 Å². The molecule has 0 aromatic rings. The van der Waals surface area contributed by atoms with Crippen LogP contribution in [0.3, 0.4) is 0 Å². The summed E-state index contributed by atoms with van der Waals surface area (Å²) in [4.78, 5) is 26.7. The molecule has 20 heavy (non-hydrogen) atoms. The number of hydrogen-bond donors (Lipinski definition) is 0. The standard InChI is InChI=1S/C13H24N2O4S/c1-10(2)15(11(3)16)7-5-13(17)14(4)12-6-8-20(18,19)9-12/h10,12H,5-9H2,1-4H3. The molecule has 0 N–H and O–H groups in total. The number of carbonyl (C=O) groups excluding carboxylic acids is 2. The predicted octanol–water partition coefficient (Wildman–Crippen LogP) is 0.279. The molecule has 0 aliphatic carbocycles. The lowest BCUT2D eigenvalue weighted by Gasteiger charge is -2.28. The summed E-state index contributed by atoms with van der Waals surface area (Å²) >= 11 is 0. The molecule has 1 aliphatic rings. The third-order valence-corrected chi connectivity index (χ3v) is 5.49. The molecule has 1 fully saturated rings. The molecule has 0 bridgehead atoms. The highest BCUT2D eigenvalue weighted by molar-refractivity contribution is 7.91. The topological polar surface area (TPSA) is 74.8 Å². The van der Waals surface area contributed by atoms with Gasteiger partial charge in [0.2, 0.25) is 11.8 Å². The summed E-state index contributed by atoms with van der Waals surface area (Å²) in [6.45, 7) is 5.66. The van der Waals surface area contributed by atoms with Crippen LogP contribution in [0.25, 0.3) is 0 Å². The lowest BCUT2D eigenvalue weighted by atomic mass is 10.2. The van der Waals surface area contributed by atoms with E-state index in [1.165, 1.54) is 11.8 Å². The Balaban J connectivity index is 2.52. The summed E-state index contributed by atoms with van der Waals surface area (Å²) in [6, 6.07) is -0.171. The van der Waals surface area contributed by atoms with Gasteiger partial charge in [-0.3, -0.25) is 9.59 Å². The van der Waals surface area contributed by atoms with E-state index in [9.17, 15) is 18.0 Å². The zero-order valence-corrected chi connectivity index (χ0v) is 13.4. The summed E-state index contributed by atoms with van der Waals surface area (Å²) in [7, 11) is -1.35. The summed E-state index contributed by atoms with van der Waals surface area (Å²) in [6.07, 6.45) is 0.732. The maximum atomic E-state index is 12.1. The van der Waals surface area contributed by atoms with Gasteiger partial charge in [0.25, 0.3) is 0 Å². The van der Waals surface area contributed by atoms with Crippen LogP contribution in [-0.4, -0.2) is 67.2 Å². The van der Waals surface area contributed by atoms with Crippen molar-refractivity contribution < 1.29 is 18.0 Å². The van der Waals surface area contributed by atoms with Crippen molar-refractivity contribution in [3.63, 3.8) is 0 Å². The fourth-order valence-corrected chi connectivity index (χ4v) is 4.23. The Hall–Kier alpha value is -1.11. The first-order chi connectivity index (χ1) is 9.14. The van der Waals surface area contributed by atoms with E-state index in [2.05, 4.69) is 0 Å². The Morgan fingerprint density at radius 3 is 2.30 bits per heavy atom. The first-order valence-corrected chi connectivity index (χ1v) is 8.69. The molecular weight excluding hydrogens is 280 g/mol. The Morgan fingerprint density at radius 2 is 1.90 bits per heavy atom. The fraction of sp³-hybridized carbons (Fsp3) is 0.846. The molecule has 1 aliphatic heterocycles. The highest BCUT2D eigenvalue weighted by Gasteiger charge is 2.32. The van der Waals surface area contributed by atoms with E-state index in [0.717, 1.165) is 0 Å². The molecule has 0 radical (unpaired) electrons. The van der Waals surface area contributed by atoms with Gasteiger partial charge in [-0.15, -0.1) is 0 Å². The smallest absolute Gasteiger partial charge is 0.224 e. The SMILES string of the molecule is CC(=O)N(CCC(=O)N(C)C1CCS(=O)(=O)C1)C(C)C. The zero-order valence-electron chi connectivity index (χ0n) is 12.6. The maximum Gasteiger partial charge on any atom is 0.224 e. The second-order valence-electron chi connectivity index (χ2n) is 5.62. The van der Waals surface area contributed by atoms with Crippen LogP contribution in [0.1, 0.15) is 33.6 Å². The van der Waals surface area contributed by atoms with Crippen molar-refractivity contribution in [2.24, 2.45) is 0 Å². The van der Waals surface area contributed by atoms with Gasteiger partial charge in [0.15, 0.2) is 9.84 Å². The number of nitrogens with zero attached hydrogens (tertiary/aromatic N) is 2. The van der Waals surface area contributed by atoms with E-state index < -0.39 is 9.84 Å². The van der Waals surface area contributed by atoms with E-state index in [1.54, 1.807) is 11.9 Å². The van der Waals surface area contributed by atoms with Crippen molar-refractivity contribution in [2.75, 3.05) is 25.1 Å². The molecule has 7 heteroatoms. The Morgan fingerprint density at radius 1 is 1.30 bits per heavy atom. The lowest BCUT2D eigenvalue weighted by Crippen LogP contribution is -2.41. The zero-order chi connectivity index (χ0) is 15.5. The normalized spacial score (nSPS) is 20.9. The molecule has 2 amide bonds. The van der Waals surface area contributed by atoms with Crippen LogP contribution in [0.4, 0.5) is 0 Å². The number of rotatable bonds is 5. The molecule has 1 unspecified atom stereocenters. The van der Waals surface area contributed by atoms with Gasteiger partial charge in [0.05, 0.1) is 11.5 Å². The third-order valence-electron chi connectivity index (χ3n) is 3.74. The Labute approximate surface area is 121 Å². The summed E-state index contributed by atoms with van der Waals surface area (Å²) in [5.41, 5.74) is 0. The van der Waals surface area contributed by atoms with Gasteiger partial charge in [-0.1, -0.05) is 0 Å². The highest BCUT2D eigenvalue weighted by Crippen LogP contribution is 2.17. The van der Waals surface area contributed by atoms with Gasteiger partial charge >= 0.3 is 0 Å². The first-order valence-electron chi connectivity index (χ1n) is 6.87. The molecule has 6 nitrogen and oxygen atoms in total. The van der Waals surface area contributed by atoms with Gasteiger partial charge in [-0.25, -0.2) is 8.42 Å². The van der Waals surface area contributed by atoms with Crippen molar-refractivity contribution in [3.05, 3.63) is 0 Å². The number of hydrogen-bond acceptors (Lipinski definition) is 4. The first kappa shape index (κ1) is 16.9. The average Bonchev–Trinajstić information content (AvgIpc) is 2.67. The Kier molecular flexibility index (Phi) is 5.56. The molecular formula is C13H24N2O4S. The van der Waals surface area contributed by atoms with Gasteiger partial charge in [0.1, 0.15) is 0 Å². The molecule has 1 rings (SSSR count). The van der Waals surface area contributed by atoms with Crippen LogP contribution in [0, 0.1) is 0 Å². The molecule has 0 aromatic heterocycles. The van der Waals surface area contributed by atoms with Crippen LogP contribution >= 0.6 is 0 Å². The molecule has 0 aromatic carbocycles. The number of sulfone groups is 1. The van der Waals surface area contributed by atoms with Crippen LogP contribution in [0.15, 0.2) is 0 Å².